The number of phenols is 1. The number of ether oxygens (including phenoxy) is 1. The molecule has 0 atom stereocenters. The molecule has 2 N–H and O–H groups in total. The molecule has 3 aromatic carbocycles. The smallest absolute Gasteiger partial charge is 0.358 e. The maximum atomic E-state index is 13.2. The van der Waals surface area contributed by atoms with E-state index in [1.165, 1.54) is 31.2 Å². The van der Waals surface area contributed by atoms with Crippen LogP contribution in [-0.2, 0) is 20.9 Å². The van der Waals surface area contributed by atoms with E-state index in [0.29, 0.717) is 28.9 Å². The molecule has 0 spiro atoms. The lowest BCUT2D eigenvalue weighted by Crippen LogP contribution is -2.13. The van der Waals surface area contributed by atoms with Gasteiger partial charge in [-0.25, -0.2) is 14.0 Å². The quantitative estimate of drug-likeness (QED) is 0.223. The predicted molar refractivity (Wildman–Crippen MR) is 127 cm³/mol. The highest BCUT2D eigenvalue weighted by Crippen LogP contribution is 2.36. The van der Waals surface area contributed by atoms with Gasteiger partial charge < -0.3 is 14.9 Å². The summed E-state index contributed by atoms with van der Waals surface area (Å²) < 4.78 is 18.9. The summed E-state index contributed by atoms with van der Waals surface area (Å²) in [5, 5.41) is 19.5. The van der Waals surface area contributed by atoms with Crippen LogP contribution in [0, 0.1) is 5.82 Å². The third kappa shape index (κ3) is 6.83. The Hall–Kier alpha value is -4.33. The lowest BCUT2D eigenvalue weighted by atomic mass is 10.00. The summed E-state index contributed by atoms with van der Waals surface area (Å²) in [6.07, 6.45) is 1.89. The van der Waals surface area contributed by atoms with E-state index in [2.05, 4.69) is 0 Å². The molecule has 0 unspecified atom stereocenters. The van der Waals surface area contributed by atoms with Gasteiger partial charge in [-0.05, 0) is 54.8 Å². The predicted octanol–water partition coefficient (Wildman–Crippen LogP) is 5.55. The van der Waals surface area contributed by atoms with Gasteiger partial charge in [0.1, 0.15) is 17.3 Å². The lowest BCUT2D eigenvalue weighted by molar-refractivity contribution is -0.214. The fraction of sp³-hybridized carbons (Fsp3) is 0.185. The van der Waals surface area contributed by atoms with Crippen LogP contribution in [0.5, 0.6) is 17.2 Å². The average molecular weight is 480 g/mol. The molecule has 0 aliphatic carbocycles. The fourth-order valence-corrected chi connectivity index (χ4v) is 3.23. The van der Waals surface area contributed by atoms with E-state index >= 15 is 0 Å². The number of carboxylic acids is 1. The van der Waals surface area contributed by atoms with Crippen LogP contribution in [-0.4, -0.2) is 28.8 Å². The Morgan fingerprint density at radius 2 is 1.74 bits per heavy atom. The van der Waals surface area contributed by atoms with E-state index in [0.717, 1.165) is 5.56 Å². The number of hydrogen-bond acceptors (Lipinski definition) is 6. The minimum atomic E-state index is -1.07. The molecule has 0 aromatic heterocycles. The maximum Gasteiger partial charge on any atom is 0.358 e. The number of rotatable bonds is 10. The highest BCUT2D eigenvalue weighted by atomic mass is 19.1. The molecule has 0 saturated heterocycles. The molecule has 3 aromatic rings. The van der Waals surface area contributed by atoms with Crippen LogP contribution in [0.25, 0.3) is 17.2 Å². The van der Waals surface area contributed by atoms with Crippen molar-refractivity contribution in [2.75, 3.05) is 6.61 Å². The van der Waals surface area contributed by atoms with Gasteiger partial charge in [-0.1, -0.05) is 37.3 Å². The Labute approximate surface area is 201 Å². The van der Waals surface area contributed by atoms with Crippen LogP contribution in [0.15, 0.2) is 66.2 Å². The van der Waals surface area contributed by atoms with Crippen molar-refractivity contribution in [2.24, 2.45) is 0 Å². The second-order valence-corrected chi connectivity index (χ2v) is 7.64. The van der Waals surface area contributed by atoms with Crippen molar-refractivity contribution in [1.82, 2.24) is 0 Å². The zero-order valence-corrected chi connectivity index (χ0v) is 19.3. The van der Waals surface area contributed by atoms with Gasteiger partial charge in [0.15, 0.2) is 5.75 Å². The number of aryl methyl sites for hydroxylation is 1. The van der Waals surface area contributed by atoms with E-state index in [-0.39, 0.29) is 35.9 Å². The van der Waals surface area contributed by atoms with Crippen molar-refractivity contribution in [3.63, 3.8) is 0 Å². The number of carbonyl (C=O) groups excluding carboxylic acids is 1. The number of carboxylic acid groups (broad SMARTS) is 1. The summed E-state index contributed by atoms with van der Waals surface area (Å²) in [4.78, 5) is 33.1. The molecule has 182 valence electrons. The Balaban J connectivity index is 1.59. The van der Waals surface area contributed by atoms with Crippen LogP contribution < -0.4 is 9.62 Å². The van der Waals surface area contributed by atoms with E-state index in [1.54, 1.807) is 42.5 Å². The van der Waals surface area contributed by atoms with Crippen molar-refractivity contribution in [3.05, 3.63) is 83.2 Å². The summed E-state index contributed by atoms with van der Waals surface area (Å²) in [6, 6.07) is 15.6. The average Bonchev–Trinajstić information content (AvgIpc) is 2.84. The molecule has 0 saturated carbocycles. The van der Waals surface area contributed by atoms with Crippen molar-refractivity contribution in [2.45, 2.75) is 26.7 Å². The summed E-state index contributed by atoms with van der Waals surface area (Å²) in [5.41, 5.74) is 2.57. The summed E-state index contributed by atoms with van der Waals surface area (Å²) in [6.45, 7) is 3.34. The van der Waals surface area contributed by atoms with Crippen molar-refractivity contribution < 1.29 is 38.7 Å². The third-order valence-electron chi connectivity index (χ3n) is 5.13. The van der Waals surface area contributed by atoms with Gasteiger partial charge >= 0.3 is 11.9 Å². The molecule has 0 fully saturated rings. The minimum absolute atomic E-state index is 0.0236. The Morgan fingerprint density at radius 3 is 2.43 bits per heavy atom. The monoisotopic (exact) mass is 480 g/mol. The van der Waals surface area contributed by atoms with Crippen molar-refractivity contribution >= 4 is 18.0 Å². The first kappa shape index (κ1) is 25.3. The summed E-state index contributed by atoms with van der Waals surface area (Å²) >= 11 is 0. The van der Waals surface area contributed by atoms with Crippen molar-refractivity contribution in [3.8, 4) is 28.4 Å². The second kappa shape index (κ2) is 11.7. The molecule has 8 heteroatoms. The maximum absolute atomic E-state index is 13.2. The van der Waals surface area contributed by atoms with Gasteiger partial charge in [-0.15, -0.1) is 0 Å². The molecule has 7 nitrogen and oxygen atoms in total. The minimum Gasteiger partial charge on any atom is -0.507 e. The Bertz CT molecular complexity index is 1230. The van der Waals surface area contributed by atoms with E-state index in [4.69, 9.17) is 19.6 Å². The normalized spacial score (nSPS) is 11.1. The number of aromatic hydroxyl groups is 1. The zero-order chi connectivity index (χ0) is 25.4. The topological polar surface area (TPSA) is 102 Å². The highest BCUT2D eigenvalue weighted by molar-refractivity contribution is 5.91. The SMILES string of the molecule is CCc1cc(-c2ccc(F)cc2)c(O)cc1OCCC(=O)OOc1ccccc1/C=C(\C)C(=O)O. The molecule has 0 aliphatic heterocycles. The van der Waals surface area contributed by atoms with Gasteiger partial charge in [0.25, 0.3) is 0 Å². The fourth-order valence-electron chi connectivity index (χ4n) is 3.23. The number of hydrogen-bond donors (Lipinski definition) is 2. The molecule has 3 rings (SSSR count). The van der Waals surface area contributed by atoms with Crippen LogP contribution in [0.1, 0.15) is 31.4 Å². The number of para-hydroxylation sites is 1. The molecule has 0 bridgehead atoms. The number of benzene rings is 3. The molecule has 0 radical (unpaired) electrons. The summed E-state index contributed by atoms with van der Waals surface area (Å²) in [7, 11) is 0. The van der Waals surface area contributed by atoms with Gasteiger partial charge in [-0.2, -0.15) is 0 Å². The standard InChI is InChI=1S/C27H25FO7/c1-3-18-15-22(19-8-10-21(28)11-9-19)23(29)16-25(18)33-13-12-26(30)35-34-24-7-5-4-6-20(24)14-17(2)27(31)32/h4-11,14-16,29H,3,12-13H2,1-2H3,(H,31,32)/b17-14+. The highest BCUT2D eigenvalue weighted by Gasteiger charge is 2.14. The van der Waals surface area contributed by atoms with Crippen LogP contribution in [0.2, 0.25) is 0 Å². The molecular weight excluding hydrogens is 455 g/mol. The molecular formula is C27H25FO7. The molecule has 0 amide bonds. The number of phenolic OH excluding ortho intramolecular Hbond substituents is 1. The van der Waals surface area contributed by atoms with Gasteiger partial charge in [-0.3, -0.25) is 9.78 Å². The van der Waals surface area contributed by atoms with Crippen LogP contribution >= 0.6 is 0 Å². The number of aliphatic carboxylic acids is 1. The first-order valence-corrected chi connectivity index (χ1v) is 10.9. The van der Waals surface area contributed by atoms with Gasteiger partial charge in [0.2, 0.25) is 0 Å². The molecule has 35 heavy (non-hydrogen) atoms. The number of carbonyl (C=O) groups is 2. The summed E-state index contributed by atoms with van der Waals surface area (Å²) in [5.74, 6) is -1.55. The Morgan fingerprint density at radius 1 is 1.03 bits per heavy atom. The lowest BCUT2D eigenvalue weighted by Gasteiger charge is -2.14. The van der Waals surface area contributed by atoms with Crippen molar-refractivity contribution in [1.29, 1.82) is 0 Å². The largest absolute Gasteiger partial charge is 0.507 e. The van der Waals surface area contributed by atoms with Crippen LogP contribution in [0.3, 0.4) is 0 Å². The van der Waals surface area contributed by atoms with Gasteiger partial charge in [0, 0.05) is 22.8 Å². The molecule has 0 aliphatic rings. The van der Waals surface area contributed by atoms with Crippen LogP contribution in [0.4, 0.5) is 4.39 Å². The Kier molecular flexibility index (Phi) is 8.45. The zero-order valence-electron chi connectivity index (χ0n) is 19.3. The second-order valence-electron chi connectivity index (χ2n) is 7.64. The van der Waals surface area contributed by atoms with E-state index in [9.17, 15) is 19.1 Å². The first-order valence-electron chi connectivity index (χ1n) is 10.9. The first-order chi connectivity index (χ1) is 16.8. The number of halogens is 1. The van der Waals surface area contributed by atoms with E-state index < -0.39 is 11.9 Å². The third-order valence-corrected chi connectivity index (χ3v) is 5.13. The molecule has 0 heterocycles. The van der Waals surface area contributed by atoms with E-state index in [1.807, 2.05) is 6.92 Å². The van der Waals surface area contributed by atoms with Gasteiger partial charge in [0.05, 0.1) is 13.0 Å².